The summed E-state index contributed by atoms with van der Waals surface area (Å²) in [5.74, 6) is 1.36. The number of benzene rings is 1. The van der Waals surface area contributed by atoms with E-state index in [9.17, 15) is 9.59 Å². The normalized spacial score (nSPS) is 18.5. The zero-order valence-corrected chi connectivity index (χ0v) is 15.0. The summed E-state index contributed by atoms with van der Waals surface area (Å²) in [5.41, 5.74) is 4.75. The molecule has 1 saturated carbocycles. The molecule has 1 fully saturated rings. The third kappa shape index (κ3) is 4.17. The minimum atomic E-state index is -0.328. The van der Waals surface area contributed by atoms with E-state index in [1.807, 2.05) is 24.3 Å². The largest absolute Gasteiger partial charge is 0.457 e. The van der Waals surface area contributed by atoms with Crippen LogP contribution in [0.3, 0.4) is 0 Å². The van der Waals surface area contributed by atoms with Crippen molar-refractivity contribution in [1.82, 2.24) is 10.5 Å². The number of carbonyl (C=O) groups is 2. The third-order valence-electron chi connectivity index (χ3n) is 5.30. The van der Waals surface area contributed by atoms with Crippen LogP contribution < -0.4 is 10.2 Å². The Bertz CT molecular complexity index is 876. The van der Waals surface area contributed by atoms with Crippen LogP contribution in [0.2, 0.25) is 0 Å². The van der Waals surface area contributed by atoms with Crippen molar-refractivity contribution in [2.24, 2.45) is 11.8 Å². The van der Waals surface area contributed by atoms with Crippen LogP contribution in [0.5, 0.6) is 11.5 Å². The number of carbonyl (C=O) groups excluding carboxylic acids is 2. The highest BCUT2D eigenvalue weighted by atomic mass is 16.5. The molecule has 6 nitrogen and oxygen atoms in total. The first-order chi connectivity index (χ1) is 13.1. The topological polar surface area (TPSA) is 88.5 Å². The molecule has 0 aliphatic heterocycles. The van der Waals surface area contributed by atoms with Crippen LogP contribution >= 0.6 is 0 Å². The molecule has 6 heteroatoms. The van der Waals surface area contributed by atoms with Crippen molar-refractivity contribution >= 4 is 11.7 Å². The quantitative estimate of drug-likeness (QED) is 0.606. The highest BCUT2D eigenvalue weighted by Crippen LogP contribution is 2.32. The number of ketones is 1. The zero-order chi connectivity index (χ0) is 18.8. The smallest absolute Gasteiger partial charge is 0.246 e. The maximum atomic E-state index is 12.0. The lowest BCUT2D eigenvalue weighted by molar-refractivity contribution is -0.133. The first kappa shape index (κ1) is 17.7. The molecule has 0 radical (unpaired) electrons. The van der Waals surface area contributed by atoms with Crippen LogP contribution in [0.1, 0.15) is 36.1 Å². The Morgan fingerprint density at radius 2 is 1.89 bits per heavy atom. The Hall–Kier alpha value is -2.73. The van der Waals surface area contributed by atoms with Crippen molar-refractivity contribution < 1.29 is 19.5 Å². The number of aromatic nitrogens is 1. The maximum absolute atomic E-state index is 12.0. The minimum absolute atomic E-state index is 0.193. The van der Waals surface area contributed by atoms with Gasteiger partial charge in [0.2, 0.25) is 5.91 Å². The molecule has 1 unspecified atom stereocenters. The third-order valence-corrected chi connectivity index (χ3v) is 5.30. The molecule has 2 aromatic rings. The molecule has 27 heavy (non-hydrogen) atoms. The van der Waals surface area contributed by atoms with E-state index in [1.165, 1.54) is 0 Å². The Labute approximate surface area is 157 Å². The van der Waals surface area contributed by atoms with Gasteiger partial charge in [-0.3, -0.25) is 19.8 Å². The molecule has 1 aromatic heterocycles. The summed E-state index contributed by atoms with van der Waals surface area (Å²) in [4.78, 5) is 27.9. The lowest BCUT2D eigenvalue weighted by atomic mass is 9.83. The molecule has 1 aromatic carbocycles. The maximum Gasteiger partial charge on any atom is 0.246 e. The second-order valence-corrected chi connectivity index (χ2v) is 7.35. The van der Waals surface area contributed by atoms with Gasteiger partial charge < -0.3 is 4.74 Å². The van der Waals surface area contributed by atoms with Crippen LogP contribution in [0.4, 0.5) is 0 Å². The average molecular weight is 366 g/mol. The number of fused-ring (bicyclic) bond motifs is 1. The van der Waals surface area contributed by atoms with Crippen molar-refractivity contribution in [2.45, 2.75) is 38.5 Å². The van der Waals surface area contributed by atoms with Crippen molar-refractivity contribution in [3.8, 4) is 11.5 Å². The van der Waals surface area contributed by atoms with Gasteiger partial charge in [-0.25, -0.2) is 5.48 Å². The fourth-order valence-corrected chi connectivity index (χ4v) is 3.59. The fourth-order valence-electron chi connectivity index (χ4n) is 3.59. The molecule has 0 saturated heterocycles. The van der Waals surface area contributed by atoms with E-state index in [4.69, 9.17) is 9.94 Å². The second kappa shape index (κ2) is 7.48. The predicted octanol–water partition coefficient (Wildman–Crippen LogP) is 3.01. The Balaban J connectivity index is 1.44. The first-order valence-electron chi connectivity index (χ1n) is 9.33. The van der Waals surface area contributed by atoms with E-state index >= 15 is 0 Å². The van der Waals surface area contributed by atoms with Crippen molar-refractivity contribution in [2.75, 3.05) is 0 Å². The molecule has 1 heterocycles. The summed E-state index contributed by atoms with van der Waals surface area (Å²) in [5, 5.41) is 8.81. The molecule has 2 N–H and O–H groups in total. The van der Waals surface area contributed by atoms with Gasteiger partial charge >= 0.3 is 0 Å². The molecule has 0 spiro atoms. The predicted molar refractivity (Wildman–Crippen MR) is 97.6 cm³/mol. The Morgan fingerprint density at radius 3 is 2.67 bits per heavy atom. The number of rotatable bonds is 6. The number of nitrogens with zero attached hydrogens (tertiary/aromatic N) is 1. The highest BCUT2D eigenvalue weighted by Gasteiger charge is 2.29. The van der Waals surface area contributed by atoms with Crippen LogP contribution in [0.25, 0.3) is 0 Å². The summed E-state index contributed by atoms with van der Waals surface area (Å²) >= 11 is 0. The SMILES string of the molecule is O=C(Cc1cc(Oc2ccc3c(c2)CCC(C(=O)NO)C3)ccn1)C1CC1. The monoisotopic (exact) mass is 366 g/mol. The summed E-state index contributed by atoms with van der Waals surface area (Å²) in [6.45, 7) is 0. The Kier molecular flexibility index (Phi) is 4.90. The molecule has 2 aliphatic carbocycles. The molecule has 1 amide bonds. The van der Waals surface area contributed by atoms with Gasteiger partial charge in [0.05, 0.1) is 5.69 Å². The highest BCUT2D eigenvalue weighted by molar-refractivity contribution is 5.84. The molecular formula is C21H22N2O4. The van der Waals surface area contributed by atoms with E-state index in [2.05, 4.69) is 4.98 Å². The number of ether oxygens (including phenoxy) is 1. The number of pyridine rings is 1. The minimum Gasteiger partial charge on any atom is -0.457 e. The van der Waals surface area contributed by atoms with Gasteiger partial charge in [-0.1, -0.05) is 6.07 Å². The van der Waals surface area contributed by atoms with E-state index in [0.29, 0.717) is 25.0 Å². The summed E-state index contributed by atoms with van der Waals surface area (Å²) in [6.07, 6.45) is 6.12. The van der Waals surface area contributed by atoms with Gasteiger partial charge in [-0.2, -0.15) is 0 Å². The summed E-state index contributed by atoms with van der Waals surface area (Å²) in [6, 6.07) is 9.46. The van der Waals surface area contributed by atoms with Gasteiger partial charge in [0.15, 0.2) is 0 Å². The lowest BCUT2D eigenvalue weighted by Crippen LogP contribution is -2.31. The molecule has 2 aliphatic rings. The molecule has 0 bridgehead atoms. The van der Waals surface area contributed by atoms with E-state index in [-0.39, 0.29) is 23.5 Å². The van der Waals surface area contributed by atoms with Crippen LogP contribution in [0.15, 0.2) is 36.5 Å². The molecule has 1 atom stereocenters. The second-order valence-electron chi connectivity index (χ2n) is 7.35. The van der Waals surface area contributed by atoms with Gasteiger partial charge in [0, 0.05) is 30.5 Å². The number of hydroxylamine groups is 1. The van der Waals surface area contributed by atoms with Gasteiger partial charge in [-0.15, -0.1) is 0 Å². The van der Waals surface area contributed by atoms with E-state index in [1.54, 1.807) is 17.7 Å². The molecule has 140 valence electrons. The number of aryl methyl sites for hydroxylation is 1. The van der Waals surface area contributed by atoms with Crippen LogP contribution in [-0.4, -0.2) is 21.9 Å². The van der Waals surface area contributed by atoms with Crippen molar-refractivity contribution in [1.29, 1.82) is 0 Å². The number of hydrogen-bond acceptors (Lipinski definition) is 5. The van der Waals surface area contributed by atoms with Crippen LogP contribution in [0, 0.1) is 11.8 Å². The number of Topliss-reactive ketones (excluding diaryl/α,β-unsaturated/α-hetero) is 1. The number of amides is 1. The van der Waals surface area contributed by atoms with Crippen molar-refractivity contribution in [3.05, 3.63) is 53.3 Å². The standard InChI is InChI=1S/C21H22N2O4/c24-20(13-1-2-13)12-17-11-19(7-8-22-17)27-18-6-5-14-9-16(21(25)23-26)4-3-15(14)10-18/h5-8,10-11,13,16,26H,1-4,9,12H2,(H,23,25). The summed E-state index contributed by atoms with van der Waals surface area (Å²) in [7, 11) is 0. The Morgan fingerprint density at radius 1 is 1.07 bits per heavy atom. The first-order valence-corrected chi connectivity index (χ1v) is 9.33. The number of hydrogen-bond donors (Lipinski definition) is 2. The van der Waals surface area contributed by atoms with Gasteiger partial charge in [0.25, 0.3) is 0 Å². The van der Waals surface area contributed by atoms with Crippen molar-refractivity contribution in [3.63, 3.8) is 0 Å². The average Bonchev–Trinajstić information content (AvgIpc) is 3.52. The number of nitrogens with one attached hydrogen (secondary N) is 1. The van der Waals surface area contributed by atoms with Gasteiger partial charge in [-0.05, 0) is 61.4 Å². The van der Waals surface area contributed by atoms with E-state index in [0.717, 1.165) is 41.8 Å². The summed E-state index contributed by atoms with van der Waals surface area (Å²) < 4.78 is 5.97. The molecule has 4 rings (SSSR count). The zero-order valence-electron chi connectivity index (χ0n) is 15.0. The van der Waals surface area contributed by atoms with Crippen LogP contribution in [-0.2, 0) is 28.9 Å². The van der Waals surface area contributed by atoms with Gasteiger partial charge in [0.1, 0.15) is 17.3 Å². The molecular weight excluding hydrogens is 344 g/mol. The van der Waals surface area contributed by atoms with E-state index < -0.39 is 0 Å². The lowest BCUT2D eigenvalue weighted by Gasteiger charge is -2.23. The fraction of sp³-hybridized carbons (Fsp3) is 0.381.